The molecule has 3 aromatic rings. The summed E-state index contributed by atoms with van der Waals surface area (Å²) < 4.78 is 7.47. The van der Waals surface area contributed by atoms with Gasteiger partial charge < -0.3 is 20.4 Å². The summed E-state index contributed by atoms with van der Waals surface area (Å²) in [4.78, 5) is 16.7. The maximum Gasteiger partial charge on any atom is 0.237 e. The first-order valence-corrected chi connectivity index (χ1v) is 9.31. The fourth-order valence-corrected chi connectivity index (χ4v) is 3.04. The molecule has 28 heavy (non-hydrogen) atoms. The van der Waals surface area contributed by atoms with Gasteiger partial charge in [-0.2, -0.15) is 0 Å². The number of hydrogen-bond acceptors (Lipinski definition) is 4. The fraction of sp³-hybridized carbons (Fsp3) is 0.273. The van der Waals surface area contributed by atoms with Gasteiger partial charge >= 0.3 is 0 Å². The number of aromatic nitrogens is 2. The Morgan fingerprint density at radius 1 is 1.14 bits per heavy atom. The minimum Gasteiger partial charge on any atom is -0.375 e. The highest BCUT2D eigenvalue weighted by Crippen LogP contribution is 2.15. The van der Waals surface area contributed by atoms with Crippen LogP contribution < -0.4 is 11.1 Å². The van der Waals surface area contributed by atoms with Gasteiger partial charge in [-0.25, -0.2) is 4.98 Å². The molecule has 0 aliphatic heterocycles. The smallest absolute Gasteiger partial charge is 0.237 e. The Bertz CT molecular complexity index is 865. The van der Waals surface area contributed by atoms with E-state index in [4.69, 9.17) is 10.5 Å². The fourth-order valence-electron chi connectivity index (χ4n) is 3.04. The molecule has 0 fully saturated rings. The number of rotatable bonds is 9. The number of nitrogens with two attached hydrogens (primary N) is 1. The largest absolute Gasteiger partial charge is 0.375 e. The summed E-state index contributed by atoms with van der Waals surface area (Å²) in [5, 5.41) is 2.88. The van der Waals surface area contributed by atoms with Crippen LogP contribution in [0.3, 0.4) is 0 Å². The molecule has 2 aromatic carbocycles. The van der Waals surface area contributed by atoms with E-state index in [1.165, 1.54) is 5.56 Å². The molecule has 6 nitrogen and oxygen atoms in total. The summed E-state index contributed by atoms with van der Waals surface area (Å²) in [6, 6.07) is 19.3. The number of imidazole rings is 1. The van der Waals surface area contributed by atoms with Crippen molar-refractivity contribution in [1.82, 2.24) is 14.9 Å². The third kappa shape index (κ3) is 5.52. The lowest BCUT2D eigenvalue weighted by molar-refractivity contribution is -0.122. The molecule has 146 valence electrons. The third-order valence-corrected chi connectivity index (χ3v) is 4.58. The first kappa shape index (κ1) is 19.8. The normalized spacial score (nSPS) is 13.1. The van der Waals surface area contributed by atoms with Gasteiger partial charge in [-0.1, -0.05) is 60.7 Å². The van der Waals surface area contributed by atoms with Crippen molar-refractivity contribution in [1.29, 1.82) is 0 Å². The van der Waals surface area contributed by atoms with Gasteiger partial charge in [0.1, 0.15) is 0 Å². The van der Waals surface area contributed by atoms with Crippen molar-refractivity contribution >= 4 is 5.91 Å². The molecule has 0 radical (unpaired) electrons. The van der Waals surface area contributed by atoms with Crippen LogP contribution >= 0.6 is 0 Å². The van der Waals surface area contributed by atoms with Crippen molar-refractivity contribution in [3.05, 3.63) is 90.0 Å². The van der Waals surface area contributed by atoms with Gasteiger partial charge in [-0.05, 0) is 11.1 Å². The zero-order chi connectivity index (χ0) is 19.8. The van der Waals surface area contributed by atoms with Gasteiger partial charge in [-0.15, -0.1) is 0 Å². The molecule has 3 rings (SSSR count). The highest BCUT2D eigenvalue weighted by atomic mass is 16.5. The van der Waals surface area contributed by atoms with Crippen LogP contribution in [0, 0.1) is 0 Å². The van der Waals surface area contributed by atoms with Crippen molar-refractivity contribution in [3.63, 3.8) is 0 Å². The number of nitrogens with zero attached hydrogens (tertiary/aromatic N) is 2. The summed E-state index contributed by atoms with van der Waals surface area (Å²) in [5.41, 5.74) is 9.08. The van der Waals surface area contributed by atoms with E-state index in [2.05, 4.69) is 22.4 Å². The van der Waals surface area contributed by atoms with Crippen molar-refractivity contribution in [2.45, 2.75) is 25.1 Å². The Balaban J connectivity index is 1.50. The first-order valence-electron chi connectivity index (χ1n) is 9.31. The van der Waals surface area contributed by atoms with E-state index in [1.807, 2.05) is 59.3 Å². The quantitative estimate of drug-likeness (QED) is 0.599. The average Bonchev–Trinajstić information content (AvgIpc) is 3.16. The van der Waals surface area contributed by atoms with E-state index in [0.717, 1.165) is 17.8 Å². The van der Waals surface area contributed by atoms with Gasteiger partial charge in [0.2, 0.25) is 5.91 Å². The summed E-state index contributed by atoms with van der Waals surface area (Å²) in [7, 11) is 1.63. The molecule has 0 spiro atoms. The molecule has 1 heterocycles. The topological polar surface area (TPSA) is 82.2 Å². The van der Waals surface area contributed by atoms with Gasteiger partial charge in [0.25, 0.3) is 0 Å². The maximum atomic E-state index is 12.4. The molecule has 6 heteroatoms. The molecular formula is C22H26N4O2. The molecule has 1 unspecified atom stereocenters. The Labute approximate surface area is 165 Å². The number of benzene rings is 2. The number of ether oxygens (including phenoxy) is 1. The predicted molar refractivity (Wildman–Crippen MR) is 109 cm³/mol. The minimum absolute atomic E-state index is 0.206. The van der Waals surface area contributed by atoms with Crippen molar-refractivity contribution < 1.29 is 9.53 Å². The average molecular weight is 378 g/mol. The van der Waals surface area contributed by atoms with Crippen LogP contribution in [0.4, 0.5) is 0 Å². The Morgan fingerprint density at radius 2 is 1.82 bits per heavy atom. The van der Waals surface area contributed by atoms with E-state index >= 15 is 0 Å². The van der Waals surface area contributed by atoms with Crippen LogP contribution in [0.2, 0.25) is 0 Å². The second kappa shape index (κ2) is 9.82. The summed E-state index contributed by atoms with van der Waals surface area (Å²) >= 11 is 0. The monoisotopic (exact) mass is 378 g/mol. The second-order valence-electron chi connectivity index (χ2n) is 6.71. The number of methoxy groups -OCH3 is 1. The van der Waals surface area contributed by atoms with Gasteiger partial charge in [0.05, 0.1) is 24.2 Å². The lowest BCUT2D eigenvalue weighted by Gasteiger charge is -2.18. The molecule has 0 aliphatic rings. The van der Waals surface area contributed by atoms with Crippen molar-refractivity contribution in [2.75, 3.05) is 13.7 Å². The molecule has 0 saturated heterocycles. The van der Waals surface area contributed by atoms with E-state index < -0.39 is 6.04 Å². The Kier molecular flexibility index (Phi) is 6.94. The van der Waals surface area contributed by atoms with Gasteiger partial charge in [0.15, 0.2) is 0 Å². The number of nitrogens with one attached hydrogen (secondary N) is 1. The highest BCUT2D eigenvalue weighted by Gasteiger charge is 2.18. The second-order valence-corrected chi connectivity index (χ2v) is 6.71. The van der Waals surface area contributed by atoms with Crippen LogP contribution in [0.15, 0.2) is 73.2 Å². The van der Waals surface area contributed by atoms with Gasteiger partial charge in [-0.3, -0.25) is 4.79 Å². The molecular weight excluding hydrogens is 352 g/mol. The Hall–Kier alpha value is -2.96. The number of carbonyl (C=O) groups is 1. The summed E-state index contributed by atoms with van der Waals surface area (Å²) in [6.07, 6.45) is 3.88. The van der Waals surface area contributed by atoms with Crippen LogP contribution in [0.25, 0.3) is 0 Å². The SMILES string of the molecule is COC(CNC(=O)[C@@H](N)Cc1cn(Cc2ccccc2)cn1)c1ccccc1. The van der Waals surface area contributed by atoms with Crippen LogP contribution in [-0.2, 0) is 22.5 Å². The van der Waals surface area contributed by atoms with E-state index in [-0.39, 0.29) is 12.0 Å². The first-order chi connectivity index (χ1) is 13.7. The zero-order valence-electron chi connectivity index (χ0n) is 16.0. The van der Waals surface area contributed by atoms with E-state index in [9.17, 15) is 4.79 Å². The molecule has 1 aromatic heterocycles. The van der Waals surface area contributed by atoms with Crippen LogP contribution in [0.5, 0.6) is 0 Å². The van der Waals surface area contributed by atoms with Crippen molar-refractivity contribution in [3.8, 4) is 0 Å². The van der Waals surface area contributed by atoms with Gasteiger partial charge in [0, 0.05) is 32.8 Å². The van der Waals surface area contributed by atoms with Crippen LogP contribution in [-0.4, -0.2) is 35.2 Å². The van der Waals surface area contributed by atoms with E-state index in [1.54, 1.807) is 13.4 Å². The molecule has 3 N–H and O–H groups in total. The molecule has 0 aliphatic carbocycles. The number of hydrogen-bond donors (Lipinski definition) is 2. The Morgan fingerprint density at radius 3 is 2.50 bits per heavy atom. The van der Waals surface area contributed by atoms with Crippen molar-refractivity contribution in [2.24, 2.45) is 5.73 Å². The molecule has 1 amide bonds. The standard InChI is InChI=1S/C22H26N4O2/c1-28-21(18-10-6-3-7-11-18)13-24-22(27)20(23)12-19-15-26(16-25-19)14-17-8-4-2-5-9-17/h2-11,15-16,20-21H,12-14,23H2,1H3,(H,24,27)/t20-,21?/m0/s1. The minimum atomic E-state index is -0.659. The lowest BCUT2D eigenvalue weighted by atomic mass is 10.1. The zero-order valence-corrected chi connectivity index (χ0v) is 16.0. The molecule has 0 saturated carbocycles. The van der Waals surface area contributed by atoms with Crippen LogP contribution in [0.1, 0.15) is 22.9 Å². The number of carbonyl (C=O) groups excluding carboxylic acids is 1. The predicted octanol–water partition coefficient (Wildman–Crippen LogP) is 2.31. The molecule has 2 atom stereocenters. The number of amides is 1. The molecule has 0 bridgehead atoms. The maximum absolute atomic E-state index is 12.4. The van der Waals surface area contributed by atoms with E-state index in [0.29, 0.717) is 13.0 Å². The lowest BCUT2D eigenvalue weighted by Crippen LogP contribution is -2.43. The highest BCUT2D eigenvalue weighted by molar-refractivity contribution is 5.81. The summed E-state index contributed by atoms with van der Waals surface area (Å²) in [6.45, 7) is 1.11. The third-order valence-electron chi connectivity index (χ3n) is 4.58. The summed E-state index contributed by atoms with van der Waals surface area (Å²) in [5.74, 6) is -0.212.